The topological polar surface area (TPSA) is 59.6 Å². The van der Waals surface area contributed by atoms with Crippen molar-refractivity contribution in [2.24, 2.45) is 0 Å². The van der Waals surface area contributed by atoms with Gasteiger partial charge >= 0.3 is 0 Å². The van der Waals surface area contributed by atoms with Gasteiger partial charge in [-0.1, -0.05) is 36.4 Å². The summed E-state index contributed by atoms with van der Waals surface area (Å²) in [5, 5.41) is 7.64. The molecule has 0 saturated carbocycles. The van der Waals surface area contributed by atoms with E-state index in [0.717, 1.165) is 41.0 Å². The summed E-state index contributed by atoms with van der Waals surface area (Å²) in [5.74, 6) is 1.34. The van der Waals surface area contributed by atoms with Crippen LogP contribution in [0.4, 0.5) is 5.00 Å². The van der Waals surface area contributed by atoms with E-state index < -0.39 is 0 Å². The van der Waals surface area contributed by atoms with Crippen molar-refractivity contribution in [3.05, 3.63) is 75.7 Å². The second-order valence-electron chi connectivity index (χ2n) is 7.65. The molecule has 0 spiro atoms. The zero-order valence-electron chi connectivity index (χ0n) is 16.9. The lowest BCUT2D eigenvalue weighted by atomic mass is 9.94. The van der Waals surface area contributed by atoms with Crippen molar-refractivity contribution >= 4 is 22.2 Å². The Morgan fingerprint density at radius 1 is 1.03 bits per heavy atom. The maximum absolute atomic E-state index is 12.9. The number of ether oxygens (including phenoxy) is 2. The first kappa shape index (κ1) is 19.0. The highest BCUT2D eigenvalue weighted by Gasteiger charge is 2.32. The van der Waals surface area contributed by atoms with Crippen LogP contribution in [-0.4, -0.2) is 13.0 Å². The summed E-state index contributed by atoms with van der Waals surface area (Å²) in [6, 6.07) is 15.8. The Balaban J connectivity index is 1.40. The van der Waals surface area contributed by atoms with Gasteiger partial charge in [0, 0.05) is 4.88 Å². The third-order valence-electron chi connectivity index (χ3n) is 5.71. The van der Waals surface area contributed by atoms with Crippen LogP contribution in [-0.2, 0) is 19.4 Å². The van der Waals surface area contributed by atoms with Crippen LogP contribution in [0.1, 0.15) is 50.9 Å². The molecule has 1 aliphatic heterocycles. The molecule has 5 nitrogen and oxygen atoms in total. The number of aryl methyl sites for hydroxylation is 1. The first-order valence-electron chi connectivity index (χ1n) is 10.3. The third-order valence-corrected chi connectivity index (χ3v) is 6.93. The molecule has 3 aromatic rings. The lowest BCUT2D eigenvalue weighted by Gasteiger charge is -2.27. The predicted octanol–water partition coefficient (Wildman–Crippen LogP) is 5.07. The van der Waals surface area contributed by atoms with Gasteiger partial charge in [0.25, 0.3) is 5.91 Å². The molecule has 6 heteroatoms. The van der Waals surface area contributed by atoms with Crippen LogP contribution in [0.2, 0.25) is 0 Å². The predicted molar refractivity (Wildman–Crippen MR) is 119 cm³/mol. The number of rotatable bonds is 5. The van der Waals surface area contributed by atoms with E-state index in [0.29, 0.717) is 18.1 Å². The number of fused-ring (bicyclic) bond motifs is 3. The summed E-state index contributed by atoms with van der Waals surface area (Å²) < 4.78 is 11.5. The van der Waals surface area contributed by atoms with Crippen LogP contribution in [0.3, 0.4) is 0 Å². The fourth-order valence-electron chi connectivity index (χ4n) is 4.17. The van der Waals surface area contributed by atoms with Gasteiger partial charge in [-0.3, -0.25) is 4.79 Å². The van der Waals surface area contributed by atoms with Crippen LogP contribution in [0.25, 0.3) is 0 Å². The molecule has 1 aliphatic carbocycles. The van der Waals surface area contributed by atoms with E-state index >= 15 is 0 Å². The number of nitrogens with one attached hydrogen (secondary N) is 2. The van der Waals surface area contributed by atoms with Crippen molar-refractivity contribution < 1.29 is 14.3 Å². The smallest absolute Gasteiger partial charge is 0.256 e. The zero-order valence-corrected chi connectivity index (χ0v) is 17.7. The van der Waals surface area contributed by atoms with E-state index in [2.05, 4.69) is 10.6 Å². The van der Waals surface area contributed by atoms with Crippen LogP contribution in [0.5, 0.6) is 11.5 Å². The van der Waals surface area contributed by atoms with Crippen LogP contribution < -0.4 is 20.1 Å². The van der Waals surface area contributed by atoms with Gasteiger partial charge in [-0.2, -0.15) is 0 Å². The molecule has 2 N–H and O–H groups in total. The molecule has 1 aromatic heterocycles. The van der Waals surface area contributed by atoms with E-state index in [1.54, 1.807) is 18.4 Å². The first-order valence-corrected chi connectivity index (χ1v) is 11.1. The maximum atomic E-state index is 12.9. The fourth-order valence-corrected chi connectivity index (χ4v) is 5.48. The van der Waals surface area contributed by atoms with Gasteiger partial charge < -0.3 is 20.1 Å². The third kappa shape index (κ3) is 3.52. The minimum atomic E-state index is -0.296. The fraction of sp³-hybridized carbons (Fsp3) is 0.292. The summed E-state index contributed by atoms with van der Waals surface area (Å²) in [7, 11) is 1.63. The Labute approximate surface area is 180 Å². The zero-order chi connectivity index (χ0) is 20.5. The number of benzene rings is 2. The number of hydrogen-bond acceptors (Lipinski definition) is 5. The molecule has 2 aromatic carbocycles. The van der Waals surface area contributed by atoms with Gasteiger partial charge in [-0.25, -0.2) is 0 Å². The Morgan fingerprint density at radius 3 is 2.70 bits per heavy atom. The number of methoxy groups -OCH3 is 1. The highest BCUT2D eigenvalue weighted by Crippen LogP contribution is 2.42. The Morgan fingerprint density at radius 2 is 1.87 bits per heavy atom. The molecule has 0 bridgehead atoms. The van der Waals surface area contributed by atoms with E-state index in [4.69, 9.17) is 9.47 Å². The molecule has 0 fully saturated rings. The number of carbonyl (C=O) groups is 1. The van der Waals surface area contributed by atoms with E-state index in [1.807, 2.05) is 48.5 Å². The van der Waals surface area contributed by atoms with Crippen LogP contribution in [0, 0.1) is 0 Å². The van der Waals surface area contributed by atoms with Crippen molar-refractivity contribution in [2.75, 3.05) is 12.4 Å². The highest BCUT2D eigenvalue weighted by atomic mass is 32.1. The minimum absolute atomic E-state index is 0.00993. The molecular formula is C24H24N2O3S. The number of hydrogen-bond donors (Lipinski definition) is 2. The van der Waals surface area contributed by atoms with Crippen LogP contribution in [0.15, 0.2) is 48.5 Å². The Bertz CT molecular complexity index is 1080. The lowest BCUT2D eigenvalue weighted by Crippen LogP contribution is -2.38. The Kier molecular flexibility index (Phi) is 5.09. The van der Waals surface area contributed by atoms with E-state index in [-0.39, 0.29) is 12.1 Å². The molecule has 5 rings (SSSR count). The standard InChI is InChI=1S/C24H24N2O3S/c1-28-18-12-11-16(13-19(18)29-14-15-7-3-2-4-8-15)22-25-23(27)21-17-9-5-6-10-20(17)30-24(21)26-22/h2-4,7-8,11-13,22,26H,5-6,9-10,14H2,1H3,(H,25,27). The summed E-state index contributed by atoms with van der Waals surface area (Å²) >= 11 is 1.73. The molecule has 0 radical (unpaired) electrons. The summed E-state index contributed by atoms with van der Waals surface area (Å²) in [4.78, 5) is 14.3. The SMILES string of the molecule is COc1ccc(C2NC(=O)c3c(sc4c3CCCC4)N2)cc1OCc1ccccc1. The van der Waals surface area contributed by atoms with Gasteiger partial charge in [0.2, 0.25) is 0 Å². The number of amides is 1. The van der Waals surface area contributed by atoms with Crippen molar-refractivity contribution in [3.8, 4) is 11.5 Å². The van der Waals surface area contributed by atoms with Gasteiger partial charge in [-0.05, 0) is 54.5 Å². The van der Waals surface area contributed by atoms with Crippen molar-refractivity contribution in [1.82, 2.24) is 5.32 Å². The molecule has 2 aliphatic rings. The van der Waals surface area contributed by atoms with Crippen molar-refractivity contribution in [1.29, 1.82) is 0 Å². The van der Waals surface area contributed by atoms with Gasteiger partial charge in [-0.15, -0.1) is 11.3 Å². The average molecular weight is 421 g/mol. The largest absolute Gasteiger partial charge is 0.493 e. The second kappa shape index (κ2) is 8.03. The molecule has 1 unspecified atom stereocenters. The minimum Gasteiger partial charge on any atom is -0.493 e. The maximum Gasteiger partial charge on any atom is 0.256 e. The van der Waals surface area contributed by atoms with Crippen LogP contribution >= 0.6 is 11.3 Å². The molecule has 1 amide bonds. The Hall–Kier alpha value is -2.99. The second-order valence-corrected chi connectivity index (χ2v) is 8.76. The van der Waals surface area contributed by atoms with E-state index in [9.17, 15) is 4.79 Å². The monoisotopic (exact) mass is 420 g/mol. The van der Waals surface area contributed by atoms with Gasteiger partial charge in [0.1, 0.15) is 17.8 Å². The normalized spacial score (nSPS) is 17.4. The van der Waals surface area contributed by atoms with Gasteiger partial charge in [0.05, 0.1) is 12.7 Å². The molecule has 154 valence electrons. The molecule has 0 saturated heterocycles. The summed E-state index contributed by atoms with van der Waals surface area (Å²) in [5.41, 5.74) is 4.11. The number of carbonyl (C=O) groups excluding carboxylic acids is 1. The number of thiophene rings is 1. The molecule has 30 heavy (non-hydrogen) atoms. The molecule has 2 heterocycles. The summed E-state index contributed by atoms with van der Waals surface area (Å²) in [6.07, 6.45) is 4.15. The first-order chi connectivity index (χ1) is 14.7. The molecular weight excluding hydrogens is 396 g/mol. The number of anilines is 1. The average Bonchev–Trinajstić information content (AvgIpc) is 3.17. The lowest BCUT2D eigenvalue weighted by molar-refractivity contribution is 0.0935. The molecule has 1 atom stereocenters. The van der Waals surface area contributed by atoms with Crippen molar-refractivity contribution in [2.45, 2.75) is 38.5 Å². The summed E-state index contributed by atoms with van der Waals surface area (Å²) in [6.45, 7) is 0.451. The quantitative estimate of drug-likeness (QED) is 0.605. The van der Waals surface area contributed by atoms with E-state index in [1.165, 1.54) is 16.9 Å². The van der Waals surface area contributed by atoms with Crippen molar-refractivity contribution in [3.63, 3.8) is 0 Å². The van der Waals surface area contributed by atoms with Gasteiger partial charge in [0.15, 0.2) is 11.5 Å². The highest BCUT2D eigenvalue weighted by molar-refractivity contribution is 7.16.